The normalized spacial score (nSPS) is 20.4. The van der Waals surface area contributed by atoms with Crippen molar-refractivity contribution in [1.82, 2.24) is 14.7 Å². The maximum absolute atomic E-state index is 12.6. The number of carbonyl (C=O) groups excluding carboxylic acids is 1. The molecule has 0 spiro atoms. The Balaban J connectivity index is 1.75. The van der Waals surface area contributed by atoms with Crippen molar-refractivity contribution < 1.29 is 27.9 Å². The number of rotatable bonds is 3. The summed E-state index contributed by atoms with van der Waals surface area (Å²) in [4.78, 5) is 25.2. The molecule has 1 amide bonds. The Morgan fingerprint density at radius 2 is 1.85 bits per heavy atom. The first kappa shape index (κ1) is 18.0. The number of carboxylic acids is 1. The average Bonchev–Trinajstić information content (AvgIpc) is 3.22. The molecule has 26 heavy (non-hydrogen) atoms. The fraction of sp³-hybridized carbons (Fsp3) is 0.353. The zero-order valence-corrected chi connectivity index (χ0v) is 13.8. The summed E-state index contributed by atoms with van der Waals surface area (Å²) in [5, 5.41) is 12.7. The van der Waals surface area contributed by atoms with E-state index in [0.717, 1.165) is 10.7 Å². The third kappa shape index (κ3) is 3.29. The smallest absolute Gasteiger partial charge is 0.435 e. The summed E-state index contributed by atoms with van der Waals surface area (Å²) in [6.07, 6.45) is -2.95. The predicted molar refractivity (Wildman–Crippen MR) is 84.8 cm³/mol. The summed E-state index contributed by atoms with van der Waals surface area (Å²) >= 11 is 0. The molecule has 1 aliphatic rings. The Morgan fingerprint density at radius 3 is 2.35 bits per heavy atom. The standard InChI is InChI=1S/C17H16F3N3O3/c1-16(15(25)26)7-9-22(10-16)14(24)11-2-4-12(5-3-11)23-8-6-13(21-23)17(18,19)20/h2-6,8H,7,9-10H2,1H3,(H,25,26)/t16-/m1/s1. The van der Waals surface area contributed by atoms with E-state index >= 15 is 0 Å². The lowest BCUT2D eigenvalue weighted by atomic mass is 9.90. The first-order valence-electron chi connectivity index (χ1n) is 7.86. The zero-order chi connectivity index (χ0) is 19.1. The van der Waals surface area contributed by atoms with Gasteiger partial charge in [0.25, 0.3) is 5.91 Å². The molecule has 1 saturated heterocycles. The number of carboxylic acid groups (broad SMARTS) is 1. The largest absolute Gasteiger partial charge is 0.481 e. The zero-order valence-electron chi connectivity index (χ0n) is 13.8. The number of carbonyl (C=O) groups is 2. The lowest BCUT2D eigenvalue weighted by Crippen LogP contribution is -2.34. The second-order valence-electron chi connectivity index (χ2n) is 6.53. The number of aromatic nitrogens is 2. The van der Waals surface area contributed by atoms with Crippen molar-refractivity contribution in [2.24, 2.45) is 5.41 Å². The molecule has 6 nitrogen and oxygen atoms in total. The van der Waals surface area contributed by atoms with Crippen LogP contribution in [0, 0.1) is 5.41 Å². The molecular formula is C17H16F3N3O3. The van der Waals surface area contributed by atoms with Gasteiger partial charge in [0.05, 0.1) is 11.1 Å². The van der Waals surface area contributed by atoms with E-state index in [1.807, 2.05) is 0 Å². The maximum atomic E-state index is 12.6. The van der Waals surface area contributed by atoms with Gasteiger partial charge in [0.15, 0.2) is 5.69 Å². The lowest BCUT2D eigenvalue weighted by Gasteiger charge is -2.20. The van der Waals surface area contributed by atoms with E-state index in [0.29, 0.717) is 24.2 Å². The van der Waals surface area contributed by atoms with E-state index in [9.17, 15) is 27.9 Å². The van der Waals surface area contributed by atoms with Crippen LogP contribution in [0.5, 0.6) is 0 Å². The minimum atomic E-state index is -4.52. The van der Waals surface area contributed by atoms with E-state index < -0.39 is 23.3 Å². The molecule has 0 saturated carbocycles. The molecule has 0 radical (unpaired) electrons. The summed E-state index contributed by atoms with van der Waals surface area (Å²) in [5.41, 5.74) is -1.23. The number of hydrogen-bond donors (Lipinski definition) is 1. The molecule has 9 heteroatoms. The van der Waals surface area contributed by atoms with Gasteiger partial charge >= 0.3 is 12.1 Å². The molecule has 0 aliphatic carbocycles. The van der Waals surface area contributed by atoms with Crippen molar-refractivity contribution in [3.05, 3.63) is 47.8 Å². The van der Waals surface area contributed by atoms with Crippen LogP contribution >= 0.6 is 0 Å². The molecule has 2 aromatic rings. The van der Waals surface area contributed by atoms with Crippen LogP contribution in [-0.2, 0) is 11.0 Å². The monoisotopic (exact) mass is 367 g/mol. The van der Waals surface area contributed by atoms with Crippen LogP contribution in [0.25, 0.3) is 5.69 Å². The van der Waals surface area contributed by atoms with Gasteiger partial charge < -0.3 is 10.0 Å². The minimum Gasteiger partial charge on any atom is -0.481 e. The molecule has 1 aromatic heterocycles. The van der Waals surface area contributed by atoms with Gasteiger partial charge in [0.2, 0.25) is 0 Å². The number of likely N-dealkylation sites (tertiary alicyclic amines) is 1. The molecule has 0 bridgehead atoms. The third-order valence-electron chi connectivity index (χ3n) is 4.54. The van der Waals surface area contributed by atoms with Gasteiger partial charge in [-0.3, -0.25) is 9.59 Å². The Hall–Kier alpha value is -2.84. The highest BCUT2D eigenvalue weighted by molar-refractivity contribution is 5.95. The van der Waals surface area contributed by atoms with Gasteiger partial charge in [0.1, 0.15) is 0 Å². The van der Waals surface area contributed by atoms with E-state index in [4.69, 9.17) is 0 Å². The number of aliphatic carboxylic acids is 1. The molecular weight excluding hydrogens is 351 g/mol. The highest BCUT2D eigenvalue weighted by Crippen LogP contribution is 2.31. The van der Waals surface area contributed by atoms with Gasteiger partial charge in [-0.1, -0.05) is 0 Å². The molecule has 0 unspecified atom stereocenters. The third-order valence-corrected chi connectivity index (χ3v) is 4.54. The van der Waals surface area contributed by atoms with Gasteiger partial charge in [-0.2, -0.15) is 18.3 Å². The number of benzene rings is 1. The van der Waals surface area contributed by atoms with Gasteiger partial charge in [0, 0.05) is 24.8 Å². The summed E-state index contributed by atoms with van der Waals surface area (Å²) in [5.74, 6) is -1.25. The second-order valence-corrected chi connectivity index (χ2v) is 6.53. The fourth-order valence-electron chi connectivity index (χ4n) is 2.87. The summed E-state index contributed by atoms with van der Waals surface area (Å²) < 4.78 is 38.9. The quantitative estimate of drug-likeness (QED) is 0.905. The van der Waals surface area contributed by atoms with E-state index in [2.05, 4.69) is 5.10 Å². The highest BCUT2D eigenvalue weighted by atomic mass is 19.4. The Morgan fingerprint density at radius 1 is 1.19 bits per heavy atom. The summed E-state index contributed by atoms with van der Waals surface area (Å²) in [6, 6.07) is 6.84. The number of nitrogens with zero attached hydrogens (tertiary/aromatic N) is 3. The molecule has 1 fully saturated rings. The van der Waals surface area contributed by atoms with Crippen LogP contribution in [0.15, 0.2) is 36.5 Å². The molecule has 2 heterocycles. The lowest BCUT2D eigenvalue weighted by molar-refractivity contribution is -0.147. The van der Waals surface area contributed by atoms with Gasteiger partial charge in [-0.25, -0.2) is 4.68 Å². The van der Waals surface area contributed by atoms with Crippen molar-refractivity contribution >= 4 is 11.9 Å². The summed E-state index contributed by atoms with van der Waals surface area (Å²) in [7, 11) is 0. The minimum absolute atomic E-state index is 0.122. The van der Waals surface area contributed by atoms with Crippen molar-refractivity contribution in [3.63, 3.8) is 0 Å². The van der Waals surface area contributed by atoms with Crippen molar-refractivity contribution in [3.8, 4) is 5.69 Å². The summed E-state index contributed by atoms with van der Waals surface area (Å²) in [6.45, 7) is 2.07. The van der Waals surface area contributed by atoms with Gasteiger partial charge in [-0.05, 0) is 43.7 Å². The maximum Gasteiger partial charge on any atom is 0.435 e. The van der Waals surface area contributed by atoms with Crippen molar-refractivity contribution in [2.45, 2.75) is 19.5 Å². The Kier molecular flexibility index (Phi) is 4.25. The number of alkyl halides is 3. The van der Waals surface area contributed by atoms with Crippen LogP contribution < -0.4 is 0 Å². The van der Waals surface area contributed by atoms with E-state index in [1.54, 1.807) is 6.92 Å². The molecule has 138 valence electrons. The number of hydrogen-bond acceptors (Lipinski definition) is 3. The van der Waals surface area contributed by atoms with Crippen molar-refractivity contribution in [1.29, 1.82) is 0 Å². The van der Waals surface area contributed by atoms with Crippen LogP contribution in [0.4, 0.5) is 13.2 Å². The van der Waals surface area contributed by atoms with Crippen LogP contribution in [-0.4, -0.2) is 44.8 Å². The van der Waals surface area contributed by atoms with Crippen LogP contribution in [0.3, 0.4) is 0 Å². The predicted octanol–water partition coefficient (Wildman–Crippen LogP) is 2.83. The Bertz CT molecular complexity index is 845. The molecule has 3 rings (SSSR count). The Labute approximate surface area is 146 Å². The topological polar surface area (TPSA) is 75.4 Å². The first-order valence-corrected chi connectivity index (χ1v) is 7.86. The fourth-order valence-corrected chi connectivity index (χ4v) is 2.87. The molecule has 1 N–H and O–H groups in total. The van der Waals surface area contributed by atoms with E-state index in [1.165, 1.54) is 35.4 Å². The first-order chi connectivity index (χ1) is 12.1. The van der Waals surface area contributed by atoms with Gasteiger partial charge in [-0.15, -0.1) is 0 Å². The SMILES string of the molecule is C[C@@]1(C(=O)O)CCN(C(=O)c2ccc(-n3ccc(C(F)(F)F)n3)cc2)C1. The highest BCUT2D eigenvalue weighted by Gasteiger charge is 2.42. The molecule has 1 aliphatic heterocycles. The van der Waals surface area contributed by atoms with Crippen LogP contribution in [0.2, 0.25) is 0 Å². The van der Waals surface area contributed by atoms with Crippen molar-refractivity contribution in [2.75, 3.05) is 13.1 Å². The second kappa shape index (κ2) is 6.15. The average molecular weight is 367 g/mol. The van der Waals surface area contributed by atoms with E-state index in [-0.39, 0.29) is 12.5 Å². The molecule has 1 atom stereocenters. The number of amides is 1. The molecule has 1 aromatic carbocycles. The van der Waals surface area contributed by atoms with Crippen LogP contribution in [0.1, 0.15) is 29.4 Å². The number of halogens is 3.